The zero-order chi connectivity index (χ0) is 21.7. The van der Waals surface area contributed by atoms with E-state index >= 15 is 0 Å². The molecule has 1 aromatic heterocycles. The number of nitrogens with zero attached hydrogens (tertiary/aromatic N) is 2. The fourth-order valence-electron chi connectivity index (χ4n) is 3.91. The maximum Gasteiger partial charge on any atom is 0.249 e. The van der Waals surface area contributed by atoms with Crippen molar-refractivity contribution in [3.63, 3.8) is 0 Å². The van der Waals surface area contributed by atoms with Gasteiger partial charge in [-0.15, -0.1) is 0 Å². The van der Waals surface area contributed by atoms with E-state index < -0.39 is 38.2 Å². The van der Waals surface area contributed by atoms with Crippen LogP contribution in [0.4, 0.5) is 8.78 Å². The Kier molecular flexibility index (Phi) is 5.63. The minimum Gasteiger partial charge on any atom is -0.339 e. The van der Waals surface area contributed by atoms with Gasteiger partial charge in [-0.1, -0.05) is 11.6 Å². The first-order valence-electron chi connectivity index (χ1n) is 9.20. The van der Waals surface area contributed by atoms with Crippen molar-refractivity contribution in [2.75, 3.05) is 19.6 Å². The van der Waals surface area contributed by atoms with E-state index in [0.717, 1.165) is 18.2 Å². The highest BCUT2D eigenvalue weighted by molar-refractivity contribution is 9.10. The topological polar surface area (TPSA) is 79.4 Å². The number of amides is 1. The summed E-state index contributed by atoms with van der Waals surface area (Å²) in [7, 11) is -3.87. The van der Waals surface area contributed by atoms with Crippen LogP contribution >= 0.6 is 27.5 Å². The molecular formula is C19H17BrClF2N3O3S. The van der Waals surface area contributed by atoms with Crippen molar-refractivity contribution in [2.45, 2.75) is 28.5 Å². The fraction of sp³-hybridized carbons (Fsp3) is 0.368. The van der Waals surface area contributed by atoms with Crippen LogP contribution in [0.15, 0.2) is 39.8 Å². The third kappa shape index (κ3) is 3.53. The molecule has 1 amide bonds. The van der Waals surface area contributed by atoms with E-state index in [1.165, 1.54) is 17.2 Å². The molecule has 30 heavy (non-hydrogen) atoms. The van der Waals surface area contributed by atoms with Crippen LogP contribution in [0.5, 0.6) is 0 Å². The maximum atomic E-state index is 14.5. The van der Waals surface area contributed by atoms with Crippen LogP contribution in [0.25, 0.3) is 0 Å². The number of sulfone groups is 1. The lowest BCUT2D eigenvalue weighted by molar-refractivity contribution is -0.141. The van der Waals surface area contributed by atoms with E-state index in [2.05, 4.69) is 26.2 Å². The fourth-order valence-corrected chi connectivity index (χ4v) is 6.44. The molecule has 2 aliphatic heterocycles. The van der Waals surface area contributed by atoms with Crippen LogP contribution in [0.1, 0.15) is 18.5 Å². The number of likely N-dealkylation sites (tertiary alicyclic amines) is 1. The highest BCUT2D eigenvalue weighted by atomic mass is 79.9. The van der Waals surface area contributed by atoms with Gasteiger partial charge in [0.1, 0.15) is 22.9 Å². The first kappa shape index (κ1) is 21.6. The van der Waals surface area contributed by atoms with E-state index in [0.29, 0.717) is 17.4 Å². The highest BCUT2D eigenvalue weighted by Crippen LogP contribution is 2.37. The van der Waals surface area contributed by atoms with Gasteiger partial charge in [0.25, 0.3) is 0 Å². The largest absolute Gasteiger partial charge is 0.339 e. The van der Waals surface area contributed by atoms with Gasteiger partial charge in [0.15, 0.2) is 9.84 Å². The number of rotatable bonds is 4. The van der Waals surface area contributed by atoms with Crippen molar-refractivity contribution in [3.05, 3.63) is 57.3 Å². The first-order valence-corrected chi connectivity index (χ1v) is 11.9. The summed E-state index contributed by atoms with van der Waals surface area (Å²) in [6, 6.07) is 4.35. The molecule has 0 bridgehead atoms. The van der Waals surface area contributed by atoms with Crippen LogP contribution in [0.2, 0.25) is 5.02 Å². The Labute approximate surface area is 185 Å². The number of halogens is 4. The summed E-state index contributed by atoms with van der Waals surface area (Å²) in [5, 5.41) is 1.91. The Balaban J connectivity index is 1.58. The molecule has 2 aliphatic rings. The second kappa shape index (κ2) is 7.81. The number of benzene rings is 1. The lowest BCUT2D eigenvalue weighted by Crippen LogP contribution is -2.64. The van der Waals surface area contributed by atoms with Crippen molar-refractivity contribution < 1.29 is 22.0 Å². The van der Waals surface area contributed by atoms with Gasteiger partial charge in [-0.3, -0.25) is 15.1 Å². The summed E-state index contributed by atoms with van der Waals surface area (Å²) in [5.74, 6) is -1.67. The first-order chi connectivity index (χ1) is 14.1. The minimum absolute atomic E-state index is 0.00478. The van der Waals surface area contributed by atoms with Gasteiger partial charge in [0, 0.05) is 23.8 Å². The van der Waals surface area contributed by atoms with Crippen LogP contribution in [-0.4, -0.2) is 49.1 Å². The molecular weight excluding hydrogens is 504 g/mol. The van der Waals surface area contributed by atoms with Gasteiger partial charge < -0.3 is 4.90 Å². The Hall–Kier alpha value is -1.62. The zero-order valence-corrected chi connectivity index (χ0v) is 18.7. The summed E-state index contributed by atoms with van der Waals surface area (Å²) >= 11 is 9.09. The molecule has 11 heteroatoms. The average molecular weight is 521 g/mol. The summed E-state index contributed by atoms with van der Waals surface area (Å²) in [6.07, 6.45) is 1.98. The molecule has 1 aromatic carbocycles. The monoisotopic (exact) mass is 519 g/mol. The van der Waals surface area contributed by atoms with E-state index in [1.807, 2.05) is 0 Å². The lowest BCUT2D eigenvalue weighted by Gasteiger charge is -2.43. The van der Waals surface area contributed by atoms with Gasteiger partial charge in [0.05, 0.1) is 15.2 Å². The van der Waals surface area contributed by atoms with Crippen molar-refractivity contribution in [1.29, 1.82) is 0 Å². The molecule has 2 fully saturated rings. The number of aromatic nitrogens is 1. The average Bonchev–Trinajstić information content (AvgIpc) is 3.13. The molecule has 3 heterocycles. The number of hydrogen-bond donors (Lipinski definition) is 1. The van der Waals surface area contributed by atoms with Gasteiger partial charge in [-0.05, 0) is 59.6 Å². The molecule has 2 saturated heterocycles. The molecule has 1 N–H and O–H groups in total. The second-order valence-corrected chi connectivity index (χ2v) is 10.9. The molecule has 0 radical (unpaired) electrons. The summed E-state index contributed by atoms with van der Waals surface area (Å²) in [6.45, 7) is 0.656. The standard InChI is InChI=1S/C19H17BrClF2N3O3S/c20-11-7-15(23)17(24-9-11)19(4-5-25-19)18(27)26-6-3-13(10-26)30(28,29)16-2-1-12(22)8-14(16)21/h1-2,7-9,13,25H,3-6,10H2. The normalized spacial score (nSPS) is 24.0. The summed E-state index contributed by atoms with van der Waals surface area (Å²) in [4.78, 5) is 18.6. The third-order valence-electron chi connectivity index (χ3n) is 5.58. The van der Waals surface area contributed by atoms with Crippen LogP contribution in [-0.2, 0) is 20.2 Å². The Morgan fingerprint density at radius 1 is 1.33 bits per heavy atom. The molecule has 2 aromatic rings. The molecule has 6 nitrogen and oxygen atoms in total. The molecule has 0 saturated carbocycles. The Bertz CT molecular complexity index is 1130. The zero-order valence-electron chi connectivity index (χ0n) is 15.5. The third-order valence-corrected chi connectivity index (χ3v) is 8.67. The molecule has 0 aliphatic carbocycles. The summed E-state index contributed by atoms with van der Waals surface area (Å²) < 4.78 is 54.3. The van der Waals surface area contributed by atoms with Gasteiger partial charge in [-0.25, -0.2) is 17.2 Å². The van der Waals surface area contributed by atoms with Crippen molar-refractivity contribution in [1.82, 2.24) is 15.2 Å². The SMILES string of the molecule is O=C(N1CCC(S(=O)(=O)c2ccc(F)cc2Cl)C1)C1(c2ncc(Br)cc2F)CCN1. The number of nitrogens with one attached hydrogen (secondary N) is 1. The Morgan fingerprint density at radius 3 is 2.67 bits per heavy atom. The smallest absolute Gasteiger partial charge is 0.249 e. The predicted molar refractivity (Wildman–Crippen MR) is 110 cm³/mol. The van der Waals surface area contributed by atoms with Crippen LogP contribution in [0, 0.1) is 11.6 Å². The van der Waals surface area contributed by atoms with Crippen molar-refractivity contribution in [2.24, 2.45) is 0 Å². The van der Waals surface area contributed by atoms with E-state index in [9.17, 15) is 22.0 Å². The van der Waals surface area contributed by atoms with Crippen molar-refractivity contribution in [3.8, 4) is 0 Å². The molecule has 0 spiro atoms. The predicted octanol–water partition coefficient (Wildman–Crippen LogP) is 3.04. The second-order valence-electron chi connectivity index (χ2n) is 7.35. The van der Waals surface area contributed by atoms with Gasteiger partial charge in [-0.2, -0.15) is 0 Å². The van der Waals surface area contributed by atoms with Crippen LogP contribution in [0.3, 0.4) is 0 Å². The number of hydrogen-bond acceptors (Lipinski definition) is 5. The Morgan fingerprint density at radius 2 is 2.07 bits per heavy atom. The van der Waals surface area contributed by atoms with E-state index in [1.54, 1.807) is 0 Å². The molecule has 4 rings (SSSR count). The minimum atomic E-state index is -3.87. The number of pyridine rings is 1. The van der Waals surface area contributed by atoms with Crippen LogP contribution < -0.4 is 5.32 Å². The maximum absolute atomic E-state index is 14.5. The number of carbonyl (C=O) groups excluding carboxylic acids is 1. The van der Waals surface area contributed by atoms with Gasteiger partial charge in [0.2, 0.25) is 5.91 Å². The van der Waals surface area contributed by atoms with E-state index in [4.69, 9.17) is 11.6 Å². The lowest BCUT2D eigenvalue weighted by atomic mass is 9.82. The number of carbonyl (C=O) groups is 1. The van der Waals surface area contributed by atoms with Gasteiger partial charge >= 0.3 is 0 Å². The highest BCUT2D eigenvalue weighted by Gasteiger charge is 2.52. The molecule has 2 unspecified atom stereocenters. The van der Waals surface area contributed by atoms with Crippen molar-refractivity contribution >= 4 is 43.3 Å². The van der Waals surface area contributed by atoms with E-state index in [-0.39, 0.29) is 35.1 Å². The molecule has 160 valence electrons. The summed E-state index contributed by atoms with van der Waals surface area (Å²) in [5.41, 5.74) is -1.31. The quantitative estimate of drug-likeness (QED) is 0.627. The molecule has 2 atom stereocenters.